The number of oxazole rings is 1. The lowest BCUT2D eigenvalue weighted by Gasteiger charge is -2.06. The van der Waals surface area contributed by atoms with Gasteiger partial charge in [0.15, 0.2) is 0 Å². The number of methoxy groups -OCH3 is 1. The Labute approximate surface area is 172 Å². The van der Waals surface area contributed by atoms with Crippen molar-refractivity contribution < 1.29 is 18.2 Å². The summed E-state index contributed by atoms with van der Waals surface area (Å²) in [6, 6.07) is 15.2. The topological polar surface area (TPSA) is 81.4 Å². The highest BCUT2D eigenvalue weighted by Crippen LogP contribution is 2.25. The molecule has 1 N–H and O–H groups in total. The second-order valence-electron chi connectivity index (χ2n) is 6.69. The normalized spacial score (nSPS) is 11.8. The van der Waals surface area contributed by atoms with Gasteiger partial charge < -0.3 is 14.5 Å². The molecule has 0 spiro atoms. The maximum absolute atomic E-state index is 12.4. The van der Waals surface area contributed by atoms with Gasteiger partial charge in [-0.3, -0.25) is 9.00 Å². The molecule has 1 amide bonds. The van der Waals surface area contributed by atoms with Crippen LogP contribution in [0.3, 0.4) is 0 Å². The largest absolute Gasteiger partial charge is 0.497 e. The summed E-state index contributed by atoms with van der Waals surface area (Å²) in [5.74, 6) is 1.72. The lowest BCUT2D eigenvalue weighted by Crippen LogP contribution is -2.28. The molecule has 6 nitrogen and oxygen atoms in total. The first-order valence-corrected chi connectivity index (χ1v) is 10.7. The molecular weight excluding hydrogens is 388 g/mol. The molecule has 0 fully saturated rings. The number of aromatic nitrogens is 1. The summed E-state index contributed by atoms with van der Waals surface area (Å²) in [5, 5.41) is 2.79. The highest BCUT2D eigenvalue weighted by Gasteiger charge is 2.16. The SMILES string of the molecule is COc1ccc(CNC(=O)C[S@@](=O)Cc2nc(-c3ccccc3C)oc2C)cc1. The molecule has 0 bridgehead atoms. The van der Waals surface area contributed by atoms with Crippen LogP contribution in [0.1, 0.15) is 22.6 Å². The van der Waals surface area contributed by atoms with Gasteiger partial charge in [0, 0.05) is 22.9 Å². The summed E-state index contributed by atoms with van der Waals surface area (Å²) in [4.78, 5) is 16.6. The average molecular weight is 413 g/mol. The Morgan fingerprint density at radius 3 is 2.55 bits per heavy atom. The van der Waals surface area contributed by atoms with Crippen LogP contribution >= 0.6 is 0 Å². The summed E-state index contributed by atoms with van der Waals surface area (Å²) >= 11 is 0. The quantitative estimate of drug-likeness (QED) is 0.612. The maximum Gasteiger partial charge on any atom is 0.232 e. The molecule has 0 saturated heterocycles. The molecule has 0 radical (unpaired) electrons. The van der Waals surface area contributed by atoms with Crippen molar-refractivity contribution in [1.82, 2.24) is 10.3 Å². The van der Waals surface area contributed by atoms with E-state index >= 15 is 0 Å². The van der Waals surface area contributed by atoms with E-state index in [1.54, 1.807) is 14.0 Å². The highest BCUT2D eigenvalue weighted by molar-refractivity contribution is 7.84. The predicted octanol–water partition coefficient (Wildman–Crippen LogP) is 3.53. The zero-order chi connectivity index (χ0) is 20.8. The Kier molecular flexibility index (Phi) is 6.82. The second-order valence-corrected chi connectivity index (χ2v) is 8.15. The van der Waals surface area contributed by atoms with Crippen LogP contribution in [0, 0.1) is 13.8 Å². The first-order chi connectivity index (χ1) is 14.0. The molecule has 0 aliphatic carbocycles. The minimum Gasteiger partial charge on any atom is -0.497 e. The number of benzene rings is 2. The summed E-state index contributed by atoms with van der Waals surface area (Å²) in [5.41, 5.74) is 3.52. The third-order valence-electron chi connectivity index (χ3n) is 4.51. The van der Waals surface area contributed by atoms with Gasteiger partial charge in [-0.2, -0.15) is 0 Å². The molecule has 0 unspecified atom stereocenters. The van der Waals surface area contributed by atoms with E-state index in [2.05, 4.69) is 10.3 Å². The molecule has 3 rings (SSSR count). The molecular formula is C22H24N2O4S. The molecule has 1 heterocycles. The zero-order valence-electron chi connectivity index (χ0n) is 16.7. The van der Waals surface area contributed by atoms with Gasteiger partial charge in [-0.15, -0.1) is 0 Å². The van der Waals surface area contributed by atoms with Crippen molar-refractivity contribution >= 4 is 16.7 Å². The van der Waals surface area contributed by atoms with Gasteiger partial charge >= 0.3 is 0 Å². The van der Waals surface area contributed by atoms with Crippen LogP contribution in [-0.4, -0.2) is 28.0 Å². The van der Waals surface area contributed by atoms with Gasteiger partial charge in [0.25, 0.3) is 0 Å². The Balaban J connectivity index is 1.55. The van der Waals surface area contributed by atoms with Crippen molar-refractivity contribution in [2.75, 3.05) is 12.9 Å². The summed E-state index contributed by atoms with van der Waals surface area (Å²) in [6.45, 7) is 4.16. The number of hydrogen-bond acceptors (Lipinski definition) is 5. The molecule has 152 valence electrons. The molecule has 3 aromatic rings. The van der Waals surface area contributed by atoms with E-state index in [0.717, 1.165) is 22.4 Å². The van der Waals surface area contributed by atoms with Gasteiger partial charge in [-0.05, 0) is 43.2 Å². The van der Waals surface area contributed by atoms with Crippen molar-refractivity contribution in [3.8, 4) is 17.2 Å². The minimum atomic E-state index is -1.38. The molecule has 2 aromatic carbocycles. The van der Waals surface area contributed by atoms with Crippen LogP contribution in [-0.2, 0) is 27.9 Å². The van der Waals surface area contributed by atoms with Gasteiger partial charge in [-0.1, -0.05) is 30.3 Å². The smallest absolute Gasteiger partial charge is 0.232 e. The van der Waals surface area contributed by atoms with Crippen molar-refractivity contribution in [1.29, 1.82) is 0 Å². The Hall–Kier alpha value is -2.93. The number of nitrogens with zero attached hydrogens (tertiary/aromatic N) is 1. The van der Waals surface area contributed by atoms with E-state index < -0.39 is 10.8 Å². The van der Waals surface area contributed by atoms with Crippen molar-refractivity contribution in [2.24, 2.45) is 0 Å². The van der Waals surface area contributed by atoms with Gasteiger partial charge in [0.2, 0.25) is 11.8 Å². The van der Waals surface area contributed by atoms with Gasteiger partial charge in [0.1, 0.15) is 17.3 Å². The highest BCUT2D eigenvalue weighted by atomic mass is 32.2. The number of rotatable bonds is 8. The number of hydrogen-bond donors (Lipinski definition) is 1. The summed E-state index contributed by atoms with van der Waals surface area (Å²) < 4.78 is 23.3. The molecule has 7 heteroatoms. The van der Waals surface area contributed by atoms with Gasteiger partial charge in [-0.25, -0.2) is 4.98 Å². The van der Waals surface area contributed by atoms with E-state index in [0.29, 0.717) is 23.9 Å². The Morgan fingerprint density at radius 1 is 1.14 bits per heavy atom. The zero-order valence-corrected chi connectivity index (χ0v) is 17.5. The third-order valence-corrected chi connectivity index (χ3v) is 5.69. The van der Waals surface area contributed by atoms with Crippen molar-refractivity contribution in [2.45, 2.75) is 26.1 Å². The standard InChI is InChI=1S/C22H24N2O4S/c1-15-6-4-5-7-19(15)22-24-20(16(2)28-22)13-29(26)14-21(25)23-12-17-8-10-18(27-3)11-9-17/h4-11H,12-14H2,1-3H3,(H,23,25)/t29-/m0/s1. The number of nitrogens with one attached hydrogen (secondary N) is 1. The lowest BCUT2D eigenvalue weighted by atomic mass is 10.1. The van der Waals surface area contributed by atoms with Gasteiger partial charge in [0.05, 0.1) is 18.6 Å². The number of carbonyl (C=O) groups is 1. The van der Waals surface area contributed by atoms with Crippen LogP contribution in [0.5, 0.6) is 5.75 Å². The first-order valence-electron chi connectivity index (χ1n) is 9.23. The van der Waals surface area contributed by atoms with Crippen LogP contribution < -0.4 is 10.1 Å². The fraction of sp³-hybridized carbons (Fsp3) is 0.273. The number of carbonyl (C=O) groups excluding carboxylic acids is 1. The molecule has 0 saturated carbocycles. The molecule has 0 aliphatic rings. The van der Waals surface area contributed by atoms with E-state index in [-0.39, 0.29) is 17.4 Å². The number of ether oxygens (including phenoxy) is 1. The molecule has 1 atom stereocenters. The number of aryl methyl sites for hydroxylation is 2. The monoisotopic (exact) mass is 412 g/mol. The first kappa shape index (κ1) is 20.8. The minimum absolute atomic E-state index is 0.0812. The second kappa shape index (κ2) is 9.52. The number of amides is 1. The van der Waals surface area contributed by atoms with Crippen molar-refractivity contribution in [3.05, 3.63) is 71.1 Å². The predicted molar refractivity (Wildman–Crippen MR) is 113 cm³/mol. The third kappa shape index (κ3) is 5.54. The van der Waals surface area contributed by atoms with E-state index in [4.69, 9.17) is 9.15 Å². The lowest BCUT2D eigenvalue weighted by molar-refractivity contribution is -0.118. The van der Waals surface area contributed by atoms with E-state index in [9.17, 15) is 9.00 Å². The fourth-order valence-corrected chi connectivity index (χ4v) is 3.90. The van der Waals surface area contributed by atoms with Crippen molar-refractivity contribution in [3.63, 3.8) is 0 Å². The molecule has 0 aliphatic heterocycles. The van der Waals surface area contributed by atoms with Crippen LogP contribution in [0.25, 0.3) is 11.5 Å². The van der Waals surface area contributed by atoms with E-state index in [1.165, 1.54) is 0 Å². The summed E-state index contributed by atoms with van der Waals surface area (Å²) in [7, 11) is 0.227. The van der Waals surface area contributed by atoms with E-state index in [1.807, 2.05) is 55.5 Å². The maximum atomic E-state index is 12.4. The Morgan fingerprint density at radius 2 is 1.86 bits per heavy atom. The molecule has 1 aromatic heterocycles. The molecule has 29 heavy (non-hydrogen) atoms. The van der Waals surface area contributed by atoms with Crippen LogP contribution in [0.4, 0.5) is 0 Å². The Bertz CT molecular complexity index is 1010. The fourth-order valence-electron chi connectivity index (χ4n) is 2.83. The van der Waals surface area contributed by atoms with Crippen LogP contribution in [0.2, 0.25) is 0 Å². The van der Waals surface area contributed by atoms with Crippen LogP contribution in [0.15, 0.2) is 52.9 Å². The summed E-state index contributed by atoms with van der Waals surface area (Å²) in [6.07, 6.45) is 0. The average Bonchev–Trinajstić information content (AvgIpc) is 3.07.